The molecule has 1 saturated heterocycles. The number of hydrogen-bond donors (Lipinski definition) is 2. The second kappa shape index (κ2) is 9.84. The normalized spacial score (nSPS) is 24.7. The number of fused-ring (bicyclic) bond motifs is 1. The van der Waals surface area contributed by atoms with Crippen molar-refractivity contribution in [3.63, 3.8) is 0 Å². The molecule has 0 aliphatic carbocycles. The maximum atomic E-state index is 4.58. The van der Waals surface area contributed by atoms with Crippen molar-refractivity contribution >= 4 is 29.9 Å². The van der Waals surface area contributed by atoms with E-state index >= 15 is 0 Å². The highest BCUT2D eigenvalue weighted by Gasteiger charge is 2.24. The standard InChI is InChI=1S/C17H32N8.HI/c1-5-15-21-16-7-6-13(11-25(16)22-15)20-17(18-2)19-10-14-12-23(3)8-9-24(14)4;/h13-14H,5-12H2,1-4H3,(H2,18,19,20);1H. The zero-order valence-corrected chi connectivity index (χ0v) is 18.7. The maximum absolute atomic E-state index is 4.58. The topological polar surface area (TPSA) is 73.6 Å². The first-order valence-electron chi connectivity index (χ1n) is 9.37. The van der Waals surface area contributed by atoms with E-state index in [4.69, 9.17) is 0 Å². The zero-order chi connectivity index (χ0) is 17.8. The van der Waals surface area contributed by atoms with Gasteiger partial charge in [0.25, 0.3) is 0 Å². The fourth-order valence-electron chi connectivity index (χ4n) is 3.55. The third-order valence-corrected chi connectivity index (χ3v) is 5.27. The van der Waals surface area contributed by atoms with Gasteiger partial charge in [-0.1, -0.05) is 6.92 Å². The molecule has 0 aromatic carbocycles. The number of guanidine groups is 1. The van der Waals surface area contributed by atoms with Crippen LogP contribution < -0.4 is 10.6 Å². The van der Waals surface area contributed by atoms with Gasteiger partial charge in [-0.3, -0.25) is 9.89 Å². The molecule has 1 fully saturated rings. The summed E-state index contributed by atoms with van der Waals surface area (Å²) in [6.07, 6.45) is 2.93. The van der Waals surface area contributed by atoms with Crippen LogP contribution in [-0.2, 0) is 19.4 Å². The van der Waals surface area contributed by atoms with Gasteiger partial charge in [0.05, 0.1) is 6.54 Å². The highest BCUT2D eigenvalue weighted by atomic mass is 127. The highest BCUT2D eigenvalue weighted by molar-refractivity contribution is 14.0. The molecule has 0 bridgehead atoms. The average Bonchev–Trinajstić information content (AvgIpc) is 3.03. The molecule has 3 heterocycles. The number of halogens is 1. The monoisotopic (exact) mass is 476 g/mol. The molecule has 8 nitrogen and oxygen atoms in total. The minimum Gasteiger partial charge on any atom is -0.355 e. The Balaban J connectivity index is 0.00000243. The van der Waals surface area contributed by atoms with Crippen molar-refractivity contribution in [3.05, 3.63) is 11.6 Å². The van der Waals surface area contributed by atoms with Gasteiger partial charge in [0.15, 0.2) is 11.8 Å². The van der Waals surface area contributed by atoms with Crippen molar-refractivity contribution in [2.24, 2.45) is 4.99 Å². The van der Waals surface area contributed by atoms with Crippen molar-refractivity contribution < 1.29 is 0 Å². The van der Waals surface area contributed by atoms with E-state index in [0.717, 1.165) is 69.6 Å². The number of nitrogens with zero attached hydrogens (tertiary/aromatic N) is 6. The van der Waals surface area contributed by atoms with Crippen LogP contribution in [0.2, 0.25) is 0 Å². The van der Waals surface area contributed by atoms with Gasteiger partial charge in [-0.05, 0) is 20.5 Å². The van der Waals surface area contributed by atoms with Gasteiger partial charge in [0, 0.05) is 58.2 Å². The number of aromatic nitrogens is 3. The van der Waals surface area contributed by atoms with E-state index in [9.17, 15) is 0 Å². The average molecular weight is 476 g/mol. The second-order valence-corrected chi connectivity index (χ2v) is 7.21. The highest BCUT2D eigenvalue weighted by Crippen LogP contribution is 2.13. The maximum Gasteiger partial charge on any atom is 0.191 e. The molecule has 1 aromatic rings. The first kappa shape index (κ1) is 21.4. The number of aryl methyl sites for hydroxylation is 2. The molecule has 0 amide bonds. The number of aliphatic imine (C=N–C) groups is 1. The molecule has 148 valence electrons. The molecule has 1 aromatic heterocycles. The SMILES string of the molecule is CCc1nc2n(n1)CC(NC(=NC)NCC1CN(C)CCN1C)CC2.I. The van der Waals surface area contributed by atoms with Gasteiger partial charge < -0.3 is 15.5 Å². The molecule has 0 spiro atoms. The quantitative estimate of drug-likeness (QED) is 0.367. The summed E-state index contributed by atoms with van der Waals surface area (Å²) >= 11 is 0. The Labute approximate surface area is 173 Å². The van der Waals surface area contributed by atoms with E-state index in [1.807, 2.05) is 7.05 Å². The number of piperazine rings is 1. The Morgan fingerprint density at radius 2 is 2.08 bits per heavy atom. The van der Waals surface area contributed by atoms with Gasteiger partial charge in [0.2, 0.25) is 0 Å². The van der Waals surface area contributed by atoms with Gasteiger partial charge in [-0.15, -0.1) is 24.0 Å². The minimum absolute atomic E-state index is 0. The Bertz CT molecular complexity index is 602. The number of hydrogen-bond acceptors (Lipinski definition) is 5. The number of rotatable bonds is 4. The lowest BCUT2D eigenvalue weighted by Crippen LogP contribution is -2.56. The molecular weight excluding hydrogens is 443 g/mol. The summed E-state index contributed by atoms with van der Waals surface area (Å²) in [6, 6.07) is 0.856. The summed E-state index contributed by atoms with van der Waals surface area (Å²) in [5.41, 5.74) is 0. The lowest BCUT2D eigenvalue weighted by Gasteiger charge is -2.38. The fraction of sp³-hybridized carbons (Fsp3) is 0.824. The van der Waals surface area contributed by atoms with E-state index in [2.05, 4.69) is 61.2 Å². The van der Waals surface area contributed by atoms with E-state index in [1.54, 1.807) is 0 Å². The summed E-state index contributed by atoms with van der Waals surface area (Å²) in [4.78, 5) is 13.8. The van der Waals surface area contributed by atoms with Crippen LogP contribution in [0.25, 0.3) is 0 Å². The summed E-state index contributed by atoms with van der Waals surface area (Å²) in [5, 5.41) is 11.6. The van der Waals surface area contributed by atoms with Crippen LogP contribution in [-0.4, -0.2) is 89.9 Å². The van der Waals surface area contributed by atoms with Crippen LogP contribution >= 0.6 is 24.0 Å². The summed E-state index contributed by atoms with van der Waals surface area (Å²) < 4.78 is 2.05. The molecule has 3 rings (SSSR count). The van der Waals surface area contributed by atoms with Crippen molar-refractivity contribution in [1.29, 1.82) is 0 Å². The van der Waals surface area contributed by atoms with Gasteiger partial charge in [-0.25, -0.2) is 9.67 Å². The minimum atomic E-state index is 0. The molecular formula is C17H33IN8. The Morgan fingerprint density at radius 3 is 2.81 bits per heavy atom. The van der Waals surface area contributed by atoms with Gasteiger partial charge in [-0.2, -0.15) is 5.10 Å². The zero-order valence-electron chi connectivity index (χ0n) is 16.4. The molecule has 2 unspecified atom stereocenters. The molecule has 2 N–H and O–H groups in total. The van der Waals surface area contributed by atoms with Crippen LogP contribution in [0.5, 0.6) is 0 Å². The molecule has 9 heteroatoms. The first-order valence-corrected chi connectivity index (χ1v) is 9.37. The van der Waals surface area contributed by atoms with Crippen LogP contribution in [0.1, 0.15) is 25.0 Å². The Hall–Kier alpha value is -0.940. The molecule has 2 aliphatic rings. The van der Waals surface area contributed by atoms with E-state index in [1.165, 1.54) is 0 Å². The summed E-state index contributed by atoms with van der Waals surface area (Å²) in [5.74, 6) is 2.94. The predicted octanol–water partition coefficient (Wildman–Crippen LogP) is 0.184. The van der Waals surface area contributed by atoms with Gasteiger partial charge >= 0.3 is 0 Å². The molecule has 2 aliphatic heterocycles. The van der Waals surface area contributed by atoms with Crippen LogP contribution in [0.15, 0.2) is 4.99 Å². The molecule has 26 heavy (non-hydrogen) atoms. The summed E-state index contributed by atoms with van der Waals surface area (Å²) in [7, 11) is 6.23. The van der Waals surface area contributed by atoms with Gasteiger partial charge in [0.1, 0.15) is 5.82 Å². The molecule has 0 saturated carbocycles. The lowest BCUT2D eigenvalue weighted by atomic mass is 10.1. The third-order valence-electron chi connectivity index (χ3n) is 5.27. The van der Waals surface area contributed by atoms with Crippen LogP contribution in [0, 0.1) is 0 Å². The van der Waals surface area contributed by atoms with Crippen molar-refractivity contribution in [3.8, 4) is 0 Å². The smallest absolute Gasteiger partial charge is 0.191 e. The van der Waals surface area contributed by atoms with E-state index in [0.29, 0.717) is 12.1 Å². The van der Waals surface area contributed by atoms with Crippen molar-refractivity contribution in [2.75, 3.05) is 47.3 Å². The van der Waals surface area contributed by atoms with E-state index < -0.39 is 0 Å². The molecule has 0 radical (unpaired) electrons. The van der Waals surface area contributed by atoms with Crippen LogP contribution in [0.3, 0.4) is 0 Å². The largest absolute Gasteiger partial charge is 0.355 e. The van der Waals surface area contributed by atoms with Crippen molar-refractivity contribution in [2.45, 2.75) is 44.8 Å². The molecule has 2 atom stereocenters. The Kier molecular flexibility index (Phi) is 8.08. The van der Waals surface area contributed by atoms with Crippen molar-refractivity contribution in [1.82, 2.24) is 35.2 Å². The third kappa shape index (κ3) is 5.29. The van der Waals surface area contributed by atoms with E-state index in [-0.39, 0.29) is 24.0 Å². The number of nitrogens with one attached hydrogen (secondary N) is 2. The second-order valence-electron chi connectivity index (χ2n) is 7.21. The lowest BCUT2D eigenvalue weighted by molar-refractivity contribution is 0.116. The fourth-order valence-corrected chi connectivity index (χ4v) is 3.55. The first-order chi connectivity index (χ1) is 12.1. The van der Waals surface area contributed by atoms with Crippen LogP contribution in [0.4, 0.5) is 0 Å². The Morgan fingerprint density at radius 1 is 1.27 bits per heavy atom. The summed E-state index contributed by atoms with van der Waals surface area (Å²) in [6.45, 7) is 7.21. The predicted molar refractivity (Wildman–Crippen MR) is 115 cm³/mol. The number of likely N-dealkylation sites (N-methyl/N-ethyl adjacent to an activating group) is 2.